The molecule has 0 atom stereocenters. The van der Waals surface area contributed by atoms with Crippen LogP contribution in [0.15, 0.2) is 30.3 Å². The van der Waals surface area contributed by atoms with Crippen LogP contribution < -0.4 is 10.6 Å². The number of nitrogen functional groups attached to an aromatic ring is 1. The van der Waals surface area contributed by atoms with Crippen LogP contribution in [0.5, 0.6) is 0 Å². The van der Waals surface area contributed by atoms with E-state index in [0.29, 0.717) is 18.9 Å². The number of carbonyl (C=O) groups is 1. The zero-order valence-corrected chi connectivity index (χ0v) is 16.2. The van der Waals surface area contributed by atoms with Crippen molar-refractivity contribution in [3.8, 4) is 0 Å². The summed E-state index contributed by atoms with van der Waals surface area (Å²) in [5.41, 5.74) is 7.87. The van der Waals surface area contributed by atoms with E-state index >= 15 is 0 Å². The zero-order valence-electron chi connectivity index (χ0n) is 15.5. The molecule has 6 nitrogen and oxygen atoms in total. The first-order valence-corrected chi connectivity index (χ1v) is 9.69. The number of hydrogen-bond acceptors (Lipinski definition) is 5. The number of hydrogen-bond donors (Lipinski definition) is 1. The quantitative estimate of drug-likeness (QED) is 0.878. The fraction of sp³-hybridized carbons (Fsp3) is 0.450. The number of rotatable bonds is 3. The van der Waals surface area contributed by atoms with Crippen LogP contribution in [-0.2, 0) is 11.3 Å². The smallest absolute Gasteiger partial charge is 0.223 e. The molecule has 7 heteroatoms. The third-order valence-corrected chi connectivity index (χ3v) is 5.95. The van der Waals surface area contributed by atoms with Crippen molar-refractivity contribution in [2.24, 2.45) is 5.41 Å². The number of halogens is 1. The van der Waals surface area contributed by atoms with E-state index in [9.17, 15) is 4.79 Å². The first-order valence-electron chi connectivity index (χ1n) is 9.31. The molecule has 2 aromatic rings. The number of carbonyl (C=O) groups excluding carboxylic acids is 1. The molecule has 2 aliphatic rings. The van der Waals surface area contributed by atoms with Gasteiger partial charge in [0.15, 0.2) is 0 Å². The summed E-state index contributed by atoms with van der Waals surface area (Å²) in [5, 5.41) is 0.718. The predicted octanol–water partition coefficient (Wildman–Crippen LogP) is 3.04. The van der Waals surface area contributed by atoms with Crippen LogP contribution in [0.1, 0.15) is 30.5 Å². The summed E-state index contributed by atoms with van der Waals surface area (Å²) in [5.74, 6) is 1.45. The summed E-state index contributed by atoms with van der Waals surface area (Å²) in [7, 11) is 0. The lowest BCUT2D eigenvalue weighted by molar-refractivity contribution is -0.128. The molecule has 1 aromatic carbocycles. The largest absolute Gasteiger partial charge is 0.368 e. The molecule has 27 heavy (non-hydrogen) atoms. The minimum atomic E-state index is 0.0770. The van der Waals surface area contributed by atoms with Crippen LogP contribution in [0.2, 0.25) is 5.02 Å². The molecule has 142 valence electrons. The van der Waals surface area contributed by atoms with Gasteiger partial charge in [0.2, 0.25) is 11.9 Å². The molecule has 1 spiro atoms. The number of benzene rings is 1. The lowest BCUT2D eigenvalue weighted by Crippen LogP contribution is -2.42. The van der Waals surface area contributed by atoms with Crippen molar-refractivity contribution in [3.63, 3.8) is 0 Å². The first-order chi connectivity index (χ1) is 12.9. The van der Waals surface area contributed by atoms with Crippen LogP contribution >= 0.6 is 11.6 Å². The average Bonchev–Trinajstić information content (AvgIpc) is 2.92. The fourth-order valence-corrected chi connectivity index (χ4v) is 4.34. The average molecular weight is 386 g/mol. The SMILES string of the molecule is Cc1cc(N2CCC3(CC2)CC(=O)N(Cc2ccc(Cl)cc2)C3)nc(N)n1. The highest BCUT2D eigenvalue weighted by atomic mass is 35.5. The van der Waals surface area contributed by atoms with Gasteiger partial charge in [0.05, 0.1) is 0 Å². The number of likely N-dealkylation sites (tertiary alicyclic amines) is 1. The number of nitrogens with two attached hydrogens (primary N) is 1. The van der Waals surface area contributed by atoms with Gasteiger partial charge in [-0.15, -0.1) is 0 Å². The van der Waals surface area contributed by atoms with Gasteiger partial charge < -0.3 is 15.5 Å². The van der Waals surface area contributed by atoms with Gasteiger partial charge in [0.1, 0.15) is 5.82 Å². The summed E-state index contributed by atoms with van der Waals surface area (Å²) in [6, 6.07) is 9.71. The van der Waals surface area contributed by atoms with E-state index in [4.69, 9.17) is 17.3 Å². The van der Waals surface area contributed by atoms with Crippen LogP contribution in [-0.4, -0.2) is 40.4 Å². The van der Waals surface area contributed by atoms with E-state index in [1.165, 1.54) is 0 Å². The van der Waals surface area contributed by atoms with E-state index in [-0.39, 0.29) is 11.3 Å². The van der Waals surface area contributed by atoms with Crippen LogP contribution in [0.25, 0.3) is 0 Å². The van der Waals surface area contributed by atoms with Crippen molar-refractivity contribution in [1.29, 1.82) is 0 Å². The van der Waals surface area contributed by atoms with E-state index in [2.05, 4.69) is 14.9 Å². The van der Waals surface area contributed by atoms with Gasteiger partial charge in [0, 0.05) is 54.8 Å². The summed E-state index contributed by atoms with van der Waals surface area (Å²) in [6.45, 7) is 5.18. The highest BCUT2D eigenvalue weighted by Gasteiger charge is 2.44. The number of amides is 1. The number of anilines is 2. The molecule has 0 saturated carbocycles. The highest BCUT2D eigenvalue weighted by molar-refractivity contribution is 6.30. The van der Waals surface area contributed by atoms with E-state index in [1.807, 2.05) is 42.2 Å². The summed E-state index contributed by atoms with van der Waals surface area (Å²) in [4.78, 5) is 25.4. The molecule has 0 aliphatic carbocycles. The van der Waals surface area contributed by atoms with Crippen LogP contribution in [0.4, 0.5) is 11.8 Å². The second-order valence-electron chi connectivity index (χ2n) is 7.77. The maximum atomic E-state index is 12.6. The van der Waals surface area contributed by atoms with Gasteiger partial charge in [0.25, 0.3) is 0 Å². The van der Waals surface area contributed by atoms with Crippen molar-refractivity contribution in [2.75, 3.05) is 30.3 Å². The van der Waals surface area contributed by atoms with E-state index in [1.54, 1.807) is 0 Å². The molecule has 0 unspecified atom stereocenters. The van der Waals surface area contributed by atoms with Crippen LogP contribution in [0, 0.1) is 12.3 Å². The lowest BCUT2D eigenvalue weighted by atomic mass is 9.77. The standard InChI is InChI=1S/C20H24ClN5O/c1-14-10-17(24-19(22)23-14)25-8-6-20(7-9-25)11-18(27)26(13-20)12-15-2-4-16(21)5-3-15/h2-5,10H,6-9,11-13H2,1H3,(H2,22,23,24). The summed E-state index contributed by atoms with van der Waals surface area (Å²) >= 11 is 5.96. The highest BCUT2D eigenvalue weighted by Crippen LogP contribution is 2.42. The van der Waals surface area contributed by atoms with Gasteiger partial charge in [-0.3, -0.25) is 4.79 Å². The molecule has 0 radical (unpaired) electrons. The Morgan fingerprint density at radius 3 is 2.56 bits per heavy atom. The summed E-state index contributed by atoms with van der Waals surface area (Å²) < 4.78 is 0. The third kappa shape index (κ3) is 3.86. The number of aryl methyl sites for hydroxylation is 1. The Labute approximate surface area is 164 Å². The number of nitrogens with zero attached hydrogens (tertiary/aromatic N) is 4. The van der Waals surface area contributed by atoms with Crippen molar-refractivity contribution < 1.29 is 4.79 Å². The van der Waals surface area contributed by atoms with Crippen molar-refractivity contribution >= 4 is 29.3 Å². The van der Waals surface area contributed by atoms with Gasteiger partial charge in [-0.25, -0.2) is 4.98 Å². The molecular formula is C20H24ClN5O. The van der Waals surface area contributed by atoms with Crippen molar-refractivity contribution in [3.05, 3.63) is 46.6 Å². The molecule has 2 fully saturated rings. The van der Waals surface area contributed by atoms with Crippen molar-refractivity contribution in [2.45, 2.75) is 32.7 Å². The molecule has 1 aromatic heterocycles. The Kier molecular flexibility index (Phi) is 4.68. The molecule has 4 rings (SSSR count). The maximum absolute atomic E-state index is 12.6. The molecule has 2 N–H and O–H groups in total. The second kappa shape index (κ2) is 7.00. The molecule has 2 saturated heterocycles. The monoisotopic (exact) mass is 385 g/mol. The number of aromatic nitrogens is 2. The minimum absolute atomic E-state index is 0.0770. The Morgan fingerprint density at radius 1 is 1.19 bits per heavy atom. The Morgan fingerprint density at radius 2 is 1.89 bits per heavy atom. The fourth-order valence-electron chi connectivity index (χ4n) is 4.22. The predicted molar refractivity (Wildman–Crippen MR) is 107 cm³/mol. The second-order valence-corrected chi connectivity index (χ2v) is 8.20. The summed E-state index contributed by atoms with van der Waals surface area (Å²) in [6.07, 6.45) is 2.61. The van der Waals surface area contributed by atoms with E-state index < -0.39 is 0 Å². The number of piperidine rings is 1. The van der Waals surface area contributed by atoms with Crippen molar-refractivity contribution in [1.82, 2.24) is 14.9 Å². The van der Waals surface area contributed by atoms with Gasteiger partial charge >= 0.3 is 0 Å². The third-order valence-electron chi connectivity index (χ3n) is 5.70. The molecule has 2 aliphatic heterocycles. The minimum Gasteiger partial charge on any atom is -0.368 e. The zero-order chi connectivity index (χ0) is 19.0. The Bertz CT molecular complexity index is 826. The lowest BCUT2D eigenvalue weighted by Gasteiger charge is -2.39. The maximum Gasteiger partial charge on any atom is 0.223 e. The molecule has 1 amide bonds. The van der Waals surface area contributed by atoms with Gasteiger partial charge in [-0.05, 0) is 37.5 Å². The van der Waals surface area contributed by atoms with Gasteiger partial charge in [-0.1, -0.05) is 23.7 Å². The molecule has 0 bridgehead atoms. The van der Waals surface area contributed by atoms with E-state index in [0.717, 1.165) is 54.6 Å². The Balaban J connectivity index is 1.41. The topological polar surface area (TPSA) is 75.4 Å². The molecule has 3 heterocycles. The normalized spacial score (nSPS) is 19.1. The Hall–Kier alpha value is -2.34. The van der Waals surface area contributed by atoms with Crippen LogP contribution in [0.3, 0.4) is 0 Å². The van der Waals surface area contributed by atoms with Gasteiger partial charge in [-0.2, -0.15) is 4.98 Å². The first kappa shape index (κ1) is 18.0. The molecular weight excluding hydrogens is 362 g/mol.